The lowest BCUT2D eigenvalue weighted by molar-refractivity contribution is -0.164. The Morgan fingerprint density at radius 3 is 2.52 bits per heavy atom. The molecule has 6 nitrogen and oxygen atoms in total. The fraction of sp³-hybridized carbons (Fsp3) is 0.760. The van der Waals surface area contributed by atoms with E-state index in [1.807, 2.05) is 20.8 Å². The molecule has 7 unspecified atom stereocenters. The van der Waals surface area contributed by atoms with Gasteiger partial charge >= 0.3 is 11.9 Å². The van der Waals surface area contributed by atoms with Gasteiger partial charge in [0.15, 0.2) is 0 Å². The Morgan fingerprint density at radius 2 is 1.90 bits per heavy atom. The van der Waals surface area contributed by atoms with Crippen LogP contribution in [0, 0.1) is 29.1 Å². The minimum absolute atomic E-state index is 0.0523. The zero-order valence-electron chi connectivity index (χ0n) is 19.6. The maximum absolute atomic E-state index is 12.8. The van der Waals surface area contributed by atoms with E-state index < -0.39 is 23.6 Å². The monoisotopic (exact) mass is 436 g/mol. The molecule has 0 aromatic rings. The molecule has 0 aromatic heterocycles. The summed E-state index contributed by atoms with van der Waals surface area (Å²) in [5.74, 6) is -0.347. The average Bonchev–Trinajstić information content (AvgIpc) is 2.66. The smallest absolute Gasteiger partial charge is 0.311 e. The lowest BCUT2D eigenvalue weighted by Gasteiger charge is -2.44. The molecule has 0 aromatic carbocycles. The van der Waals surface area contributed by atoms with Crippen molar-refractivity contribution in [2.24, 2.45) is 29.1 Å². The van der Waals surface area contributed by atoms with Gasteiger partial charge in [0.25, 0.3) is 0 Å². The van der Waals surface area contributed by atoms with Crippen LogP contribution in [0.25, 0.3) is 0 Å². The molecule has 0 saturated carbocycles. The summed E-state index contributed by atoms with van der Waals surface area (Å²) in [6.07, 6.45) is 6.98. The number of aliphatic carboxylic acids is 1. The highest BCUT2D eigenvalue weighted by Crippen LogP contribution is 2.45. The molecule has 0 fully saturated rings. The first-order valence-electron chi connectivity index (χ1n) is 11.6. The van der Waals surface area contributed by atoms with Crippen molar-refractivity contribution in [2.45, 2.75) is 91.5 Å². The lowest BCUT2D eigenvalue weighted by atomic mass is 9.65. The molecular formula is C25H40O6. The average molecular weight is 437 g/mol. The minimum atomic E-state index is -1.07. The molecule has 0 heterocycles. The van der Waals surface area contributed by atoms with E-state index in [9.17, 15) is 19.8 Å². The number of aliphatic hydroxyl groups excluding tert-OH is 2. The van der Waals surface area contributed by atoms with Crippen molar-refractivity contribution in [1.82, 2.24) is 0 Å². The van der Waals surface area contributed by atoms with Crippen molar-refractivity contribution in [3.63, 3.8) is 0 Å². The summed E-state index contributed by atoms with van der Waals surface area (Å²) in [4.78, 5) is 23.6. The number of carbonyl (C=O) groups is 2. The van der Waals surface area contributed by atoms with Crippen LogP contribution in [0.15, 0.2) is 23.8 Å². The van der Waals surface area contributed by atoms with Crippen LogP contribution in [0.4, 0.5) is 0 Å². The second-order valence-corrected chi connectivity index (χ2v) is 10.2. The van der Waals surface area contributed by atoms with Gasteiger partial charge in [0.2, 0.25) is 0 Å². The van der Waals surface area contributed by atoms with E-state index in [1.54, 1.807) is 0 Å². The molecule has 0 saturated heterocycles. The van der Waals surface area contributed by atoms with Crippen molar-refractivity contribution in [2.75, 3.05) is 0 Å². The number of rotatable bonds is 10. The Hall–Kier alpha value is -1.66. The predicted molar refractivity (Wildman–Crippen MR) is 119 cm³/mol. The number of carboxylic acids is 1. The molecule has 2 aliphatic rings. The highest BCUT2D eigenvalue weighted by atomic mass is 16.5. The molecule has 176 valence electrons. The van der Waals surface area contributed by atoms with Crippen LogP contribution in [0.3, 0.4) is 0 Å². The maximum Gasteiger partial charge on any atom is 0.311 e. The highest BCUT2D eigenvalue weighted by Gasteiger charge is 2.42. The highest BCUT2D eigenvalue weighted by molar-refractivity contribution is 5.76. The first-order chi connectivity index (χ1) is 14.4. The molecule has 7 atom stereocenters. The fourth-order valence-corrected chi connectivity index (χ4v) is 4.76. The third-order valence-corrected chi connectivity index (χ3v) is 7.08. The minimum Gasteiger partial charge on any atom is -0.481 e. The van der Waals surface area contributed by atoms with Gasteiger partial charge in [-0.1, -0.05) is 39.0 Å². The zero-order valence-corrected chi connectivity index (χ0v) is 19.6. The molecular weight excluding hydrogens is 396 g/mol. The molecule has 3 N–H and O–H groups in total. The Morgan fingerprint density at radius 1 is 1.23 bits per heavy atom. The van der Waals surface area contributed by atoms with E-state index in [4.69, 9.17) is 9.84 Å². The van der Waals surface area contributed by atoms with Crippen LogP contribution in [0.5, 0.6) is 0 Å². The first-order valence-corrected chi connectivity index (χ1v) is 11.6. The van der Waals surface area contributed by atoms with Crippen molar-refractivity contribution in [3.05, 3.63) is 23.8 Å². The van der Waals surface area contributed by atoms with Crippen LogP contribution >= 0.6 is 0 Å². The normalized spacial score (nSPS) is 30.2. The lowest BCUT2D eigenvalue weighted by Crippen LogP contribution is -2.43. The number of hydrogen-bond acceptors (Lipinski definition) is 5. The van der Waals surface area contributed by atoms with E-state index in [0.29, 0.717) is 25.2 Å². The van der Waals surface area contributed by atoms with E-state index >= 15 is 0 Å². The summed E-state index contributed by atoms with van der Waals surface area (Å²) in [7, 11) is 0. The summed E-state index contributed by atoms with van der Waals surface area (Å²) in [6, 6.07) is 0. The van der Waals surface area contributed by atoms with Crippen LogP contribution in [0.1, 0.15) is 73.1 Å². The topological polar surface area (TPSA) is 104 Å². The van der Waals surface area contributed by atoms with E-state index in [2.05, 4.69) is 32.1 Å². The second kappa shape index (κ2) is 10.8. The summed E-state index contributed by atoms with van der Waals surface area (Å²) in [5.41, 5.74) is 0.682. The van der Waals surface area contributed by atoms with Crippen LogP contribution in [-0.4, -0.2) is 45.6 Å². The second-order valence-electron chi connectivity index (χ2n) is 10.2. The summed E-state index contributed by atoms with van der Waals surface area (Å²) in [6.45, 7) is 10.1. The first kappa shape index (κ1) is 25.6. The van der Waals surface area contributed by atoms with Crippen molar-refractivity contribution >= 4 is 11.9 Å². The zero-order chi connectivity index (χ0) is 23.3. The van der Waals surface area contributed by atoms with Gasteiger partial charge in [-0.25, -0.2) is 0 Å². The molecule has 0 amide bonds. The van der Waals surface area contributed by atoms with Crippen molar-refractivity contribution < 1.29 is 29.6 Å². The number of aliphatic hydroxyl groups is 2. The Bertz CT molecular complexity index is 694. The summed E-state index contributed by atoms with van der Waals surface area (Å²) >= 11 is 0. The number of allylic oxidation sites excluding steroid dienone is 3. The van der Waals surface area contributed by atoms with Crippen LogP contribution in [0.2, 0.25) is 0 Å². The summed E-state index contributed by atoms with van der Waals surface area (Å²) < 4.78 is 6.10. The number of carbonyl (C=O) groups excluding carboxylic acids is 1. The van der Waals surface area contributed by atoms with Gasteiger partial charge in [0.1, 0.15) is 6.10 Å². The largest absolute Gasteiger partial charge is 0.481 e. The molecule has 2 rings (SSSR count). The summed E-state index contributed by atoms with van der Waals surface area (Å²) in [5, 5.41) is 29.0. The van der Waals surface area contributed by atoms with E-state index in [0.717, 1.165) is 6.42 Å². The van der Waals surface area contributed by atoms with Crippen LogP contribution in [-0.2, 0) is 14.3 Å². The molecule has 0 bridgehead atoms. The molecule has 0 aliphatic heterocycles. The number of fused-ring (bicyclic) bond motifs is 1. The molecule has 6 heteroatoms. The van der Waals surface area contributed by atoms with Gasteiger partial charge in [-0.2, -0.15) is 0 Å². The number of carboxylic acid groups (broad SMARTS) is 1. The van der Waals surface area contributed by atoms with Crippen LogP contribution < -0.4 is 0 Å². The van der Waals surface area contributed by atoms with E-state index in [1.165, 1.54) is 5.57 Å². The molecule has 2 aliphatic carbocycles. The van der Waals surface area contributed by atoms with Gasteiger partial charge in [0, 0.05) is 5.92 Å². The number of ether oxygens (including phenoxy) is 1. The fourth-order valence-electron chi connectivity index (χ4n) is 4.76. The third-order valence-electron chi connectivity index (χ3n) is 7.08. The SMILES string of the molecule is CCC(C)(C)C(=O)OC1CC(C)C=C2C=CC(C)C(CCC(O)CC(O)CC(=O)O)C21. The molecule has 31 heavy (non-hydrogen) atoms. The Kier molecular flexibility index (Phi) is 8.90. The van der Waals surface area contributed by atoms with Gasteiger partial charge in [-0.15, -0.1) is 0 Å². The molecule has 0 radical (unpaired) electrons. The molecule has 0 spiro atoms. The van der Waals surface area contributed by atoms with E-state index in [-0.39, 0.29) is 42.7 Å². The number of hydrogen-bond donors (Lipinski definition) is 3. The van der Waals surface area contributed by atoms with Gasteiger partial charge in [-0.05, 0) is 69.3 Å². The van der Waals surface area contributed by atoms with Gasteiger partial charge in [-0.3, -0.25) is 9.59 Å². The van der Waals surface area contributed by atoms with Gasteiger partial charge in [0.05, 0.1) is 24.0 Å². The number of esters is 1. The predicted octanol–water partition coefficient (Wildman–Crippen LogP) is 4.11. The Balaban J connectivity index is 2.12. The standard InChI is InChI=1S/C25H40O6/c1-6-25(4,5)24(30)31-21-12-15(2)11-17-8-7-16(3)20(23(17)21)10-9-18(26)13-19(27)14-22(28)29/h7-8,11,15-16,18-21,23,26-27H,6,9-10,12-14H2,1-5H3,(H,28,29). The van der Waals surface area contributed by atoms with Gasteiger partial charge < -0.3 is 20.1 Å². The maximum atomic E-state index is 12.8. The van der Waals surface area contributed by atoms with Crippen molar-refractivity contribution in [3.8, 4) is 0 Å². The Labute approximate surface area is 186 Å². The quantitative estimate of drug-likeness (QED) is 0.445. The third kappa shape index (κ3) is 6.91. The van der Waals surface area contributed by atoms with Crippen molar-refractivity contribution in [1.29, 1.82) is 0 Å².